The van der Waals surface area contributed by atoms with Gasteiger partial charge in [0.2, 0.25) is 0 Å². The third-order valence-corrected chi connectivity index (χ3v) is 6.65. The summed E-state index contributed by atoms with van der Waals surface area (Å²) in [6, 6.07) is 0.771. The van der Waals surface area contributed by atoms with Gasteiger partial charge in [-0.25, -0.2) is 0 Å². The summed E-state index contributed by atoms with van der Waals surface area (Å²) in [5, 5.41) is 3.55. The fourth-order valence-electron chi connectivity index (χ4n) is 2.91. The maximum atomic E-state index is 12.6. The smallest absolute Gasteiger partial charge is 0.282 e. The van der Waals surface area contributed by atoms with Gasteiger partial charge in [0, 0.05) is 31.7 Å². The molecule has 0 aromatic rings. The van der Waals surface area contributed by atoms with Crippen molar-refractivity contribution in [3.8, 4) is 0 Å². The van der Waals surface area contributed by atoms with E-state index < -0.39 is 10.2 Å². The van der Waals surface area contributed by atoms with E-state index in [2.05, 4.69) is 5.32 Å². The average molecular weight is 303 g/mol. The van der Waals surface area contributed by atoms with Crippen LogP contribution < -0.4 is 5.32 Å². The lowest BCUT2D eigenvalue weighted by molar-refractivity contribution is 0.242. The second-order valence-electron chi connectivity index (χ2n) is 6.33. The number of piperidine rings is 1. The third-order valence-electron chi connectivity index (χ3n) is 4.36. The van der Waals surface area contributed by atoms with Crippen LogP contribution in [-0.4, -0.2) is 55.3 Å². The molecular formula is C14H29N3O2S. The third kappa shape index (κ3) is 3.93. The van der Waals surface area contributed by atoms with Gasteiger partial charge >= 0.3 is 0 Å². The van der Waals surface area contributed by atoms with Crippen LogP contribution in [0.5, 0.6) is 0 Å². The highest BCUT2D eigenvalue weighted by molar-refractivity contribution is 7.86. The van der Waals surface area contributed by atoms with Gasteiger partial charge < -0.3 is 5.32 Å². The summed E-state index contributed by atoms with van der Waals surface area (Å²) < 4.78 is 28.4. The lowest BCUT2D eigenvalue weighted by Crippen LogP contribution is -2.50. The fourth-order valence-corrected chi connectivity index (χ4v) is 4.74. The van der Waals surface area contributed by atoms with E-state index in [0.29, 0.717) is 25.6 Å². The van der Waals surface area contributed by atoms with Crippen molar-refractivity contribution >= 4 is 10.2 Å². The minimum atomic E-state index is -3.27. The second-order valence-corrected chi connectivity index (χ2v) is 8.21. The van der Waals surface area contributed by atoms with E-state index in [1.807, 2.05) is 20.8 Å². The van der Waals surface area contributed by atoms with E-state index in [4.69, 9.17) is 0 Å². The zero-order chi connectivity index (χ0) is 14.8. The lowest BCUT2D eigenvalue weighted by Gasteiger charge is -2.36. The van der Waals surface area contributed by atoms with Crippen LogP contribution in [0.3, 0.4) is 0 Å². The minimum Gasteiger partial charge on any atom is -0.314 e. The summed E-state index contributed by atoms with van der Waals surface area (Å²) in [6.45, 7) is 8.72. The average Bonchev–Trinajstić information content (AvgIpc) is 3.21. The zero-order valence-electron chi connectivity index (χ0n) is 13.0. The number of nitrogens with one attached hydrogen (secondary N) is 1. The van der Waals surface area contributed by atoms with Crippen molar-refractivity contribution in [2.45, 2.75) is 58.5 Å². The minimum absolute atomic E-state index is 0.0271. The summed E-state index contributed by atoms with van der Waals surface area (Å²) in [4.78, 5) is 0. The number of hydrogen-bond donors (Lipinski definition) is 1. The molecule has 0 aromatic carbocycles. The molecule has 6 heteroatoms. The first-order valence-corrected chi connectivity index (χ1v) is 9.35. The summed E-state index contributed by atoms with van der Waals surface area (Å²) in [5.41, 5.74) is 0. The van der Waals surface area contributed by atoms with Crippen LogP contribution in [0.15, 0.2) is 0 Å². The Bertz CT molecular complexity index is 399. The predicted molar refractivity (Wildman–Crippen MR) is 81.8 cm³/mol. The highest BCUT2D eigenvalue weighted by atomic mass is 32.2. The summed E-state index contributed by atoms with van der Waals surface area (Å²) in [6.07, 6.45) is 4.59. The first-order chi connectivity index (χ1) is 9.45. The van der Waals surface area contributed by atoms with E-state index >= 15 is 0 Å². The Labute approximate surface area is 123 Å². The molecule has 1 heterocycles. The Hall–Kier alpha value is -0.170. The van der Waals surface area contributed by atoms with Gasteiger partial charge in [0.15, 0.2) is 0 Å². The highest BCUT2D eigenvalue weighted by Crippen LogP contribution is 2.24. The highest BCUT2D eigenvalue weighted by Gasteiger charge is 2.33. The van der Waals surface area contributed by atoms with Gasteiger partial charge in [-0.2, -0.15) is 17.0 Å². The molecule has 2 fully saturated rings. The standard InChI is InChI=1S/C14H29N3O2S/c1-4-17(12(2)3)20(18,19)16-9-7-13(8-10-16)11-15-14-5-6-14/h12-15H,4-11H2,1-3H3. The zero-order valence-corrected chi connectivity index (χ0v) is 13.8. The van der Waals surface area contributed by atoms with Gasteiger partial charge in [0.25, 0.3) is 10.2 Å². The maximum Gasteiger partial charge on any atom is 0.282 e. The number of hydrogen-bond acceptors (Lipinski definition) is 3. The van der Waals surface area contributed by atoms with Crippen LogP contribution >= 0.6 is 0 Å². The number of rotatable bonds is 7. The van der Waals surface area contributed by atoms with E-state index in [1.54, 1.807) is 8.61 Å². The van der Waals surface area contributed by atoms with Gasteiger partial charge in [0.1, 0.15) is 0 Å². The molecule has 1 aliphatic heterocycles. The molecule has 0 aromatic heterocycles. The topological polar surface area (TPSA) is 52.7 Å². The van der Waals surface area contributed by atoms with Crippen LogP contribution in [0, 0.1) is 5.92 Å². The van der Waals surface area contributed by atoms with Crippen molar-refractivity contribution in [3.05, 3.63) is 0 Å². The molecule has 1 saturated carbocycles. The molecule has 0 bridgehead atoms. The van der Waals surface area contributed by atoms with Gasteiger partial charge in [0.05, 0.1) is 0 Å². The Morgan fingerprint density at radius 2 is 1.80 bits per heavy atom. The van der Waals surface area contributed by atoms with Gasteiger partial charge in [-0.3, -0.25) is 0 Å². The molecule has 1 aliphatic carbocycles. The van der Waals surface area contributed by atoms with Crippen molar-refractivity contribution < 1.29 is 8.42 Å². The molecule has 0 amide bonds. The van der Waals surface area contributed by atoms with E-state index in [9.17, 15) is 8.42 Å². The number of nitrogens with zero attached hydrogens (tertiary/aromatic N) is 2. The molecular weight excluding hydrogens is 274 g/mol. The monoisotopic (exact) mass is 303 g/mol. The van der Waals surface area contributed by atoms with E-state index in [1.165, 1.54) is 12.8 Å². The Kier molecular flexibility index (Phi) is 5.45. The van der Waals surface area contributed by atoms with E-state index in [0.717, 1.165) is 25.4 Å². The molecule has 0 spiro atoms. The Balaban J connectivity index is 1.84. The molecule has 5 nitrogen and oxygen atoms in total. The predicted octanol–water partition coefficient (Wildman–Crippen LogP) is 1.43. The first-order valence-electron chi connectivity index (χ1n) is 7.95. The molecule has 118 valence electrons. The van der Waals surface area contributed by atoms with Gasteiger partial charge in [-0.15, -0.1) is 0 Å². The molecule has 1 saturated heterocycles. The lowest BCUT2D eigenvalue weighted by atomic mass is 9.98. The Morgan fingerprint density at radius 1 is 1.20 bits per heavy atom. The molecule has 20 heavy (non-hydrogen) atoms. The quantitative estimate of drug-likeness (QED) is 0.774. The van der Waals surface area contributed by atoms with Crippen molar-refractivity contribution in [1.82, 2.24) is 13.9 Å². The van der Waals surface area contributed by atoms with Crippen LogP contribution in [0.25, 0.3) is 0 Å². The SMILES string of the molecule is CCN(C(C)C)S(=O)(=O)N1CCC(CNC2CC2)CC1. The Morgan fingerprint density at radius 3 is 2.25 bits per heavy atom. The normalized spacial score (nSPS) is 22.9. The molecule has 0 radical (unpaired) electrons. The van der Waals surface area contributed by atoms with Crippen molar-refractivity contribution in [2.75, 3.05) is 26.2 Å². The molecule has 2 rings (SSSR count). The van der Waals surface area contributed by atoms with Gasteiger partial charge in [-0.1, -0.05) is 6.92 Å². The summed E-state index contributed by atoms with van der Waals surface area (Å²) in [7, 11) is -3.27. The fraction of sp³-hybridized carbons (Fsp3) is 1.00. The van der Waals surface area contributed by atoms with Crippen LogP contribution in [0.1, 0.15) is 46.5 Å². The van der Waals surface area contributed by atoms with Crippen LogP contribution in [0.4, 0.5) is 0 Å². The molecule has 1 N–H and O–H groups in total. The maximum absolute atomic E-state index is 12.6. The second kappa shape index (κ2) is 6.73. The largest absolute Gasteiger partial charge is 0.314 e. The van der Waals surface area contributed by atoms with Crippen LogP contribution in [0.2, 0.25) is 0 Å². The summed E-state index contributed by atoms with van der Waals surface area (Å²) >= 11 is 0. The first kappa shape index (κ1) is 16.2. The molecule has 0 atom stereocenters. The molecule has 2 aliphatic rings. The van der Waals surface area contributed by atoms with E-state index in [-0.39, 0.29) is 6.04 Å². The molecule has 0 unspecified atom stereocenters. The van der Waals surface area contributed by atoms with Crippen molar-refractivity contribution in [1.29, 1.82) is 0 Å². The van der Waals surface area contributed by atoms with Crippen molar-refractivity contribution in [3.63, 3.8) is 0 Å². The van der Waals surface area contributed by atoms with Crippen LogP contribution in [-0.2, 0) is 10.2 Å². The van der Waals surface area contributed by atoms with Crippen molar-refractivity contribution in [2.24, 2.45) is 5.92 Å². The summed E-state index contributed by atoms with van der Waals surface area (Å²) in [5.74, 6) is 0.635. The van der Waals surface area contributed by atoms with Gasteiger partial charge in [-0.05, 0) is 52.0 Å².